The van der Waals surface area contributed by atoms with Crippen LogP contribution in [0.2, 0.25) is 0 Å². The maximum atomic E-state index is 5.76. The Morgan fingerprint density at radius 1 is 0.365 bits per heavy atom. The quantitative estimate of drug-likeness (QED) is 0.171. The zero-order chi connectivity index (χ0) is 34.2. The predicted octanol–water partition coefficient (Wildman–Crippen LogP) is 10.5. The van der Waals surface area contributed by atoms with Gasteiger partial charge in [0, 0.05) is 55.2 Å². The Balaban J connectivity index is 1.23. The molecule has 0 aliphatic heterocycles. The van der Waals surface area contributed by atoms with Crippen LogP contribution in [-0.4, -0.2) is 29.1 Å². The van der Waals surface area contributed by atoms with Gasteiger partial charge in [-0.2, -0.15) is 0 Å². The summed E-state index contributed by atoms with van der Waals surface area (Å²) in [6.45, 7) is 0. The van der Waals surface area contributed by atoms with E-state index >= 15 is 0 Å². The number of rotatable bonds is 6. The summed E-state index contributed by atoms with van der Waals surface area (Å²) in [5.41, 5.74) is 9.31. The number of nitrogens with zero attached hydrogens (tertiary/aromatic N) is 6. The molecule has 0 unspecified atom stereocenters. The lowest BCUT2D eigenvalue weighted by molar-refractivity contribution is 0.571. The number of benzene rings is 5. The molecule has 11 rings (SSSR count). The van der Waals surface area contributed by atoms with Gasteiger partial charge in [-0.15, -0.1) is 0 Å². The number of para-hydroxylation sites is 2. The molecule has 0 saturated heterocycles. The fourth-order valence-corrected chi connectivity index (χ4v) is 7.51. The van der Waals surface area contributed by atoms with Crippen molar-refractivity contribution in [2.45, 2.75) is 0 Å². The normalized spacial score (nSPS) is 11.8. The highest BCUT2D eigenvalue weighted by molar-refractivity contribution is 6.29. The van der Waals surface area contributed by atoms with Crippen LogP contribution in [-0.2, 0) is 0 Å². The van der Waals surface area contributed by atoms with E-state index in [2.05, 4.69) is 114 Å². The largest absolute Gasteiger partial charge is 0.445 e. The maximum Gasteiger partial charge on any atom is 0.225 e. The molecule has 11 aromatic rings. The van der Waals surface area contributed by atoms with Gasteiger partial charge in [-0.3, -0.25) is 0 Å². The van der Waals surface area contributed by atoms with Crippen molar-refractivity contribution in [3.8, 4) is 57.2 Å². The van der Waals surface area contributed by atoms with Crippen molar-refractivity contribution in [3.63, 3.8) is 0 Å². The van der Waals surface area contributed by atoms with Crippen LogP contribution in [0.25, 0.3) is 101 Å². The number of oxazole rings is 4. The van der Waals surface area contributed by atoms with Crippen LogP contribution in [0.1, 0.15) is 0 Å². The van der Waals surface area contributed by atoms with Crippen LogP contribution in [0.15, 0.2) is 165 Å². The van der Waals surface area contributed by atoms with Crippen molar-refractivity contribution in [2.75, 3.05) is 0 Å². The minimum Gasteiger partial charge on any atom is -0.445 e. The lowest BCUT2D eigenvalue weighted by atomic mass is 10.1. The molecular formula is C42H24N6O4. The molecule has 0 aliphatic rings. The van der Waals surface area contributed by atoms with Crippen molar-refractivity contribution in [1.82, 2.24) is 29.1 Å². The van der Waals surface area contributed by atoms with Gasteiger partial charge >= 0.3 is 0 Å². The summed E-state index contributed by atoms with van der Waals surface area (Å²) in [6, 6.07) is 33.8. The van der Waals surface area contributed by atoms with Crippen molar-refractivity contribution in [1.29, 1.82) is 0 Å². The monoisotopic (exact) mass is 676 g/mol. The molecule has 0 aliphatic carbocycles. The first-order valence-electron chi connectivity index (χ1n) is 16.6. The maximum absolute atomic E-state index is 5.76. The van der Waals surface area contributed by atoms with Crippen LogP contribution in [0, 0.1) is 0 Å². The van der Waals surface area contributed by atoms with Gasteiger partial charge in [-0.05, 0) is 60.7 Å². The first-order chi connectivity index (χ1) is 25.8. The molecule has 52 heavy (non-hydrogen) atoms. The van der Waals surface area contributed by atoms with E-state index in [1.807, 2.05) is 12.1 Å². The van der Waals surface area contributed by atoms with Crippen molar-refractivity contribution in [2.24, 2.45) is 0 Å². The molecule has 0 bridgehead atoms. The Kier molecular flexibility index (Phi) is 6.02. The SMILES string of the molecule is c1ccc2c(c1)c1c3c4ccccc4n(-c4cc(-c5ncco5)cc(-c5ncco5)c4)c3ccc1n2-c1cc(-c2ncco2)cc(-c2ncco2)c1. The first-order valence-corrected chi connectivity index (χ1v) is 16.6. The Bertz CT molecular complexity index is 2750. The van der Waals surface area contributed by atoms with Crippen LogP contribution in [0.5, 0.6) is 0 Å². The fourth-order valence-electron chi connectivity index (χ4n) is 7.51. The average Bonchev–Trinajstić information content (AvgIpc) is 4.04. The Hall–Kier alpha value is -7.46. The smallest absolute Gasteiger partial charge is 0.225 e. The van der Waals surface area contributed by atoms with Gasteiger partial charge in [0.2, 0.25) is 23.6 Å². The average molecular weight is 677 g/mol. The van der Waals surface area contributed by atoms with Gasteiger partial charge < -0.3 is 26.8 Å². The topological polar surface area (TPSA) is 114 Å². The second-order valence-electron chi connectivity index (χ2n) is 12.4. The summed E-state index contributed by atoms with van der Waals surface area (Å²) in [7, 11) is 0. The zero-order valence-electron chi connectivity index (χ0n) is 27.2. The van der Waals surface area contributed by atoms with Gasteiger partial charge in [-0.1, -0.05) is 36.4 Å². The summed E-state index contributed by atoms with van der Waals surface area (Å²) >= 11 is 0. The summed E-state index contributed by atoms with van der Waals surface area (Å²) in [5.74, 6) is 2.04. The fraction of sp³-hybridized carbons (Fsp3) is 0. The molecule has 0 spiro atoms. The van der Waals surface area contributed by atoms with E-state index in [1.165, 1.54) is 0 Å². The molecule has 0 N–H and O–H groups in total. The molecule has 0 amide bonds. The molecule has 10 nitrogen and oxygen atoms in total. The number of hydrogen-bond donors (Lipinski definition) is 0. The van der Waals surface area contributed by atoms with Gasteiger partial charge in [0.15, 0.2) is 0 Å². The van der Waals surface area contributed by atoms with E-state index in [1.54, 1.807) is 49.8 Å². The van der Waals surface area contributed by atoms with E-state index in [9.17, 15) is 0 Å². The molecule has 6 heterocycles. The molecule has 0 saturated carbocycles. The standard InChI is InChI=1S/C42H24N6O4/c1-3-7-33-31(5-1)37-35(47(33)29-21-25(39-43-11-15-49-39)19-26(22-29)40-44-12-16-50-40)9-10-36-38(37)32-6-2-4-8-34(32)48(36)30-23-27(41-45-13-17-51-41)20-28(24-30)42-46-14-18-52-42/h1-24H. The minimum absolute atomic E-state index is 0.511. The third-order valence-corrected chi connectivity index (χ3v) is 9.54. The van der Waals surface area contributed by atoms with E-state index in [0.29, 0.717) is 23.6 Å². The minimum atomic E-state index is 0.511. The Labute approximate surface area is 293 Å². The van der Waals surface area contributed by atoms with E-state index in [4.69, 9.17) is 17.7 Å². The Morgan fingerprint density at radius 2 is 0.712 bits per heavy atom. The molecule has 10 heteroatoms. The third kappa shape index (κ3) is 4.24. The van der Waals surface area contributed by atoms with Gasteiger partial charge in [-0.25, -0.2) is 19.9 Å². The first kappa shape index (κ1) is 28.4. The van der Waals surface area contributed by atoms with Crippen LogP contribution in [0.3, 0.4) is 0 Å². The highest BCUT2D eigenvalue weighted by atomic mass is 16.3. The van der Waals surface area contributed by atoms with E-state index < -0.39 is 0 Å². The van der Waals surface area contributed by atoms with Gasteiger partial charge in [0.1, 0.15) is 25.1 Å². The number of aromatic nitrogens is 6. The van der Waals surface area contributed by atoms with Crippen molar-refractivity contribution < 1.29 is 17.7 Å². The molecule has 5 aromatic carbocycles. The highest BCUT2D eigenvalue weighted by Crippen LogP contribution is 2.43. The lowest BCUT2D eigenvalue weighted by Crippen LogP contribution is -1.97. The Morgan fingerprint density at radius 3 is 1.04 bits per heavy atom. The molecule has 6 aromatic heterocycles. The number of hydrogen-bond acceptors (Lipinski definition) is 8. The van der Waals surface area contributed by atoms with Gasteiger partial charge in [0.25, 0.3) is 0 Å². The number of fused-ring (bicyclic) bond motifs is 7. The molecule has 0 radical (unpaired) electrons. The second-order valence-corrected chi connectivity index (χ2v) is 12.4. The van der Waals surface area contributed by atoms with Crippen molar-refractivity contribution >= 4 is 43.6 Å². The summed E-state index contributed by atoms with van der Waals surface area (Å²) in [6.07, 6.45) is 12.9. The zero-order valence-corrected chi connectivity index (χ0v) is 27.2. The second kappa shape index (κ2) is 11.0. The van der Waals surface area contributed by atoms with Crippen molar-refractivity contribution in [3.05, 3.63) is 147 Å². The summed E-state index contributed by atoms with van der Waals surface area (Å²) in [5, 5.41) is 4.52. The third-order valence-electron chi connectivity index (χ3n) is 9.54. The van der Waals surface area contributed by atoms with Gasteiger partial charge in [0.05, 0.1) is 46.9 Å². The van der Waals surface area contributed by atoms with Crippen LogP contribution in [0.4, 0.5) is 0 Å². The van der Waals surface area contributed by atoms with Crippen LogP contribution >= 0.6 is 0 Å². The van der Waals surface area contributed by atoms with E-state index in [0.717, 1.165) is 77.2 Å². The molecule has 246 valence electrons. The molecule has 0 atom stereocenters. The summed E-state index contributed by atoms with van der Waals surface area (Å²) < 4.78 is 27.6. The molecular weight excluding hydrogens is 653 g/mol. The lowest BCUT2D eigenvalue weighted by Gasteiger charge is -2.12. The highest BCUT2D eigenvalue weighted by Gasteiger charge is 2.23. The molecule has 0 fully saturated rings. The predicted molar refractivity (Wildman–Crippen MR) is 197 cm³/mol. The van der Waals surface area contributed by atoms with E-state index in [-0.39, 0.29) is 0 Å². The van der Waals surface area contributed by atoms with Crippen LogP contribution < -0.4 is 0 Å². The summed E-state index contributed by atoms with van der Waals surface area (Å²) in [4.78, 5) is 17.8.